The number of hydrogen-bond donors (Lipinski definition) is 2. The van der Waals surface area contributed by atoms with Crippen molar-refractivity contribution in [3.63, 3.8) is 0 Å². The number of rotatable bonds is 11. The van der Waals surface area contributed by atoms with Crippen LogP contribution in [0.4, 0.5) is 0 Å². The molecule has 0 aromatic heterocycles. The van der Waals surface area contributed by atoms with E-state index in [4.69, 9.17) is 14.6 Å². The zero-order chi connectivity index (χ0) is 13.1. The van der Waals surface area contributed by atoms with Gasteiger partial charge in [-0.2, -0.15) is 0 Å². The van der Waals surface area contributed by atoms with E-state index in [1.54, 1.807) is 7.11 Å². The van der Waals surface area contributed by atoms with E-state index in [9.17, 15) is 13.2 Å². The summed E-state index contributed by atoms with van der Waals surface area (Å²) in [5, 5.41) is 8.36. The normalized spacial score (nSPS) is 11.6. The molecule has 8 heteroatoms. The van der Waals surface area contributed by atoms with E-state index < -0.39 is 16.0 Å². The second-order valence-corrected chi connectivity index (χ2v) is 5.24. The number of carbonyl (C=O) groups is 1. The van der Waals surface area contributed by atoms with Crippen LogP contribution in [0.1, 0.15) is 12.8 Å². The topological polar surface area (TPSA) is 102 Å². The molecule has 0 heterocycles. The van der Waals surface area contributed by atoms with E-state index in [1.807, 2.05) is 0 Å². The fraction of sp³-hybridized carbons (Fsp3) is 0.889. The van der Waals surface area contributed by atoms with Crippen LogP contribution >= 0.6 is 0 Å². The highest BCUT2D eigenvalue weighted by molar-refractivity contribution is 7.89. The highest BCUT2D eigenvalue weighted by Gasteiger charge is 2.10. The van der Waals surface area contributed by atoms with Crippen LogP contribution in [0.2, 0.25) is 0 Å². The molecule has 0 aliphatic carbocycles. The van der Waals surface area contributed by atoms with Crippen LogP contribution in [0.25, 0.3) is 0 Å². The Hall–Kier alpha value is -0.700. The van der Waals surface area contributed by atoms with Crippen LogP contribution < -0.4 is 4.72 Å². The maximum Gasteiger partial charge on any atom is 0.303 e. The zero-order valence-electron chi connectivity index (χ0n) is 9.85. The Morgan fingerprint density at radius 2 is 2.00 bits per heavy atom. The van der Waals surface area contributed by atoms with Crippen LogP contribution in [-0.4, -0.2) is 58.7 Å². The lowest BCUT2D eigenvalue weighted by Gasteiger charge is -2.06. The molecule has 102 valence electrons. The van der Waals surface area contributed by atoms with Crippen molar-refractivity contribution < 1.29 is 27.8 Å². The average Bonchev–Trinajstić information content (AvgIpc) is 2.22. The maximum absolute atomic E-state index is 11.3. The van der Waals surface area contributed by atoms with Gasteiger partial charge in [0.2, 0.25) is 10.0 Å². The SMILES string of the molecule is COCCOCCNS(=O)(=O)CCCC(=O)O. The molecule has 0 fully saturated rings. The molecule has 0 saturated carbocycles. The third kappa shape index (κ3) is 11.6. The van der Waals surface area contributed by atoms with Crippen LogP contribution in [0.15, 0.2) is 0 Å². The van der Waals surface area contributed by atoms with Gasteiger partial charge in [-0.3, -0.25) is 4.79 Å². The van der Waals surface area contributed by atoms with Gasteiger partial charge in [0.1, 0.15) is 0 Å². The molecule has 2 N–H and O–H groups in total. The summed E-state index contributed by atoms with van der Waals surface area (Å²) in [4.78, 5) is 10.2. The maximum atomic E-state index is 11.3. The summed E-state index contributed by atoms with van der Waals surface area (Å²) in [6, 6.07) is 0. The third-order valence-electron chi connectivity index (χ3n) is 1.80. The van der Waals surface area contributed by atoms with Gasteiger partial charge in [-0.05, 0) is 6.42 Å². The van der Waals surface area contributed by atoms with Crippen molar-refractivity contribution >= 4 is 16.0 Å². The summed E-state index contributed by atoms with van der Waals surface area (Å²) in [5.74, 6) is -1.18. The minimum absolute atomic E-state index is 0.106. The lowest BCUT2D eigenvalue weighted by atomic mass is 10.3. The van der Waals surface area contributed by atoms with Crippen molar-refractivity contribution in [3.05, 3.63) is 0 Å². The molecule has 7 nitrogen and oxygen atoms in total. The highest BCUT2D eigenvalue weighted by Crippen LogP contribution is 1.94. The largest absolute Gasteiger partial charge is 0.481 e. The Morgan fingerprint density at radius 3 is 2.59 bits per heavy atom. The molecular formula is C9H19NO6S. The van der Waals surface area contributed by atoms with Gasteiger partial charge in [0.05, 0.1) is 25.6 Å². The Bertz CT molecular complexity index is 303. The quantitative estimate of drug-likeness (QED) is 0.487. The van der Waals surface area contributed by atoms with Gasteiger partial charge in [-0.15, -0.1) is 0 Å². The molecule has 0 saturated heterocycles. The fourth-order valence-electron chi connectivity index (χ4n) is 0.999. The Labute approximate surface area is 101 Å². The summed E-state index contributed by atoms with van der Waals surface area (Å²) < 4.78 is 34.8. The van der Waals surface area contributed by atoms with Gasteiger partial charge < -0.3 is 14.6 Å². The third-order valence-corrected chi connectivity index (χ3v) is 3.27. The molecular weight excluding hydrogens is 250 g/mol. The van der Waals surface area contributed by atoms with Crippen molar-refractivity contribution in [1.82, 2.24) is 4.72 Å². The number of sulfonamides is 1. The highest BCUT2D eigenvalue weighted by atomic mass is 32.2. The number of carboxylic acids is 1. The molecule has 0 aromatic rings. The van der Waals surface area contributed by atoms with Gasteiger partial charge in [-0.1, -0.05) is 0 Å². The van der Waals surface area contributed by atoms with E-state index in [-0.39, 0.29) is 31.7 Å². The van der Waals surface area contributed by atoms with E-state index in [0.29, 0.717) is 13.2 Å². The first-order valence-electron chi connectivity index (χ1n) is 5.24. The van der Waals surface area contributed by atoms with Crippen LogP contribution in [0, 0.1) is 0 Å². The van der Waals surface area contributed by atoms with Gasteiger partial charge in [0.15, 0.2) is 0 Å². The molecule has 17 heavy (non-hydrogen) atoms. The molecule has 0 bridgehead atoms. The van der Waals surface area contributed by atoms with E-state index in [1.165, 1.54) is 0 Å². The van der Waals surface area contributed by atoms with E-state index >= 15 is 0 Å². The minimum atomic E-state index is -3.39. The minimum Gasteiger partial charge on any atom is -0.481 e. The molecule has 0 aliphatic rings. The van der Waals surface area contributed by atoms with Gasteiger partial charge in [0, 0.05) is 20.1 Å². The zero-order valence-corrected chi connectivity index (χ0v) is 10.7. The van der Waals surface area contributed by atoms with E-state index in [0.717, 1.165) is 0 Å². The summed E-state index contributed by atoms with van der Waals surface area (Å²) >= 11 is 0. The first-order chi connectivity index (χ1) is 7.98. The van der Waals surface area contributed by atoms with Crippen molar-refractivity contribution in [2.24, 2.45) is 0 Å². The number of hydrogen-bond acceptors (Lipinski definition) is 5. The molecule has 0 aromatic carbocycles. The average molecular weight is 269 g/mol. The fourth-order valence-corrected chi connectivity index (χ4v) is 2.06. The number of nitrogens with one attached hydrogen (secondary N) is 1. The summed E-state index contributed by atoms with van der Waals surface area (Å²) in [6.07, 6.45) is -0.0412. The molecule has 0 unspecified atom stereocenters. The monoisotopic (exact) mass is 269 g/mol. The molecule has 0 amide bonds. The lowest BCUT2D eigenvalue weighted by molar-refractivity contribution is -0.137. The van der Waals surface area contributed by atoms with Crippen molar-refractivity contribution in [1.29, 1.82) is 0 Å². The second kappa shape index (κ2) is 9.34. The second-order valence-electron chi connectivity index (χ2n) is 3.32. The first kappa shape index (κ1) is 16.3. The van der Waals surface area contributed by atoms with Crippen LogP contribution in [0.5, 0.6) is 0 Å². The summed E-state index contributed by atoms with van der Waals surface area (Å²) in [5.41, 5.74) is 0. The molecule has 0 radical (unpaired) electrons. The predicted octanol–water partition coefficient (Wildman–Crippen LogP) is -0.566. The van der Waals surface area contributed by atoms with Crippen LogP contribution in [0.3, 0.4) is 0 Å². The van der Waals surface area contributed by atoms with Crippen LogP contribution in [-0.2, 0) is 24.3 Å². The van der Waals surface area contributed by atoms with Crippen molar-refractivity contribution in [2.45, 2.75) is 12.8 Å². The number of aliphatic carboxylic acids is 1. The Balaban J connectivity index is 3.54. The van der Waals surface area contributed by atoms with Crippen molar-refractivity contribution in [3.8, 4) is 0 Å². The van der Waals surface area contributed by atoms with Gasteiger partial charge in [-0.25, -0.2) is 13.1 Å². The molecule has 0 atom stereocenters. The van der Waals surface area contributed by atoms with E-state index in [2.05, 4.69) is 4.72 Å². The number of methoxy groups -OCH3 is 1. The molecule has 0 aliphatic heterocycles. The van der Waals surface area contributed by atoms with Crippen molar-refractivity contribution in [2.75, 3.05) is 39.2 Å². The Morgan fingerprint density at radius 1 is 1.29 bits per heavy atom. The summed E-state index contributed by atoms with van der Waals surface area (Å²) in [6.45, 7) is 1.32. The van der Waals surface area contributed by atoms with Gasteiger partial charge in [0.25, 0.3) is 0 Å². The molecule has 0 rings (SSSR count). The smallest absolute Gasteiger partial charge is 0.303 e. The molecule has 0 spiro atoms. The lowest BCUT2D eigenvalue weighted by Crippen LogP contribution is -2.30. The standard InChI is InChI=1S/C9H19NO6S/c1-15-6-7-16-5-4-10-17(13,14)8-2-3-9(11)12/h10H,2-8H2,1H3,(H,11,12). The van der Waals surface area contributed by atoms with Gasteiger partial charge >= 0.3 is 5.97 Å². The predicted molar refractivity (Wildman–Crippen MR) is 61.4 cm³/mol. The number of carboxylic acid groups (broad SMARTS) is 1. The summed E-state index contributed by atoms with van der Waals surface area (Å²) in [7, 11) is -1.84. The Kier molecular flexibility index (Phi) is 8.96. The number of ether oxygens (including phenoxy) is 2. The first-order valence-corrected chi connectivity index (χ1v) is 6.89.